The van der Waals surface area contributed by atoms with Gasteiger partial charge in [0, 0.05) is 58.3 Å². The van der Waals surface area contributed by atoms with E-state index in [1.807, 2.05) is 23.5 Å². The molecule has 0 bridgehead atoms. The van der Waals surface area contributed by atoms with Crippen molar-refractivity contribution in [2.24, 2.45) is 0 Å². The summed E-state index contributed by atoms with van der Waals surface area (Å²) in [6.07, 6.45) is 17.7. The summed E-state index contributed by atoms with van der Waals surface area (Å²) in [5.41, 5.74) is 15.2. The van der Waals surface area contributed by atoms with Crippen LogP contribution in [0.2, 0.25) is 0 Å². The van der Waals surface area contributed by atoms with E-state index in [1.54, 1.807) is 0 Å². The van der Waals surface area contributed by atoms with Crippen LogP contribution in [0.5, 0.6) is 11.5 Å². The van der Waals surface area contributed by atoms with Gasteiger partial charge in [-0.15, -0.1) is 0 Å². The number of nitrogens with zero attached hydrogens (tertiary/aromatic N) is 4. The topological polar surface area (TPSA) is 21.7 Å². The summed E-state index contributed by atoms with van der Waals surface area (Å²) in [6, 6.07) is 48.8. The molecule has 10 rings (SSSR count). The van der Waals surface area contributed by atoms with E-state index in [0.29, 0.717) is 0 Å². The molecule has 5 nitrogen and oxygen atoms in total. The molecule has 4 heterocycles. The Morgan fingerprint density at radius 3 is 1.35 bits per heavy atom. The molecule has 0 amide bonds. The average Bonchev–Trinajstić information content (AvgIpc) is 4.00. The standard InChI is InChI=1S/C62H64N4OS2/c1-9-37-65-53-17-11-13-19-55(53)68-59(65)23-15-21-57-61(5,49-39-43(3)25-35-51(49)63(57)7)41-45-27-31-47(32-28-45)67-48-33-29-46(30-34-48)42-62(6)50-40-44(4)26-36-52(50)64(8)58(62)22-16-24-60-66(38-10-2)54-18-12-14-20-56(54)69-60/h11-36,39-40H,9-10,37-38,41-42H2,1-8H3/q+2. The van der Waals surface area contributed by atoms with Gasteiger partial charge in [0.2, 0.25) is 11.4 Å². The van der Waals surface area contributed by atoms with Gasteiger partial charge in [-0.2, -0.15) is 9.15 Å². The number of thioether (sulfide) groups is 2. The number of anilines is 2. The Morgan fingerprint density at radius 2 is 0.942 bits per heavy atom. The van der Waals surface area contributed by atoms with Crippen LogP contribution in [0.15, 0.2) is 190 Å². The molecule has 6 aromatic carbocycles. The number of ether oxygens (including phenoxy) is 1. The lowest BCUT2D eigenvalue weighted by molar-refractivity contribution is -0.401. The molecule has 2 atom stereocenters. The van der Waals surface area contributed by atoms with Crippen molar-refractivity contribution < 1.29 is 13.9 Å². The van der Waals surface area contributed by atoms with Crippen LogP contribution in [0.4, 0.5) is 22.7 Å². The first kappa shape index (κ1) is 46.4. The number of para-hydroxylation sites is 2. The molecule has 4 aliphatic rings. The Bertz CT molecular complexity index is 2930. The number of hydrogen-bond acceptors (Lipinski definition) is 5. The fourth-order valence-electron chi connectivity index (χ4n) is 11.0. The lowest BCUT2D eigenvalue weighted by Gasteiger charge is -2.23. The van der Waals surface area contributed by atoms with Crippen molar-refractivity contribution in [3.63, 3.8) is 0 Å². The Hall–Kier alpha value is -6.28. The van der Waals surface area contributed by atoms with Gasteiger partial charge >= 0.3 is 0 Å². The second-order valence-corrected chi connectivity index (χ2v) is 21.6. The molecular formula is C62H64N4OS2+2. The molecular weight excluding hydrogens is 881 g/mol. The highest BCUT2D eigenvalue weighted by atomic mass is 32.2. The first-order valence-electron chi connectivity index (χ1n) is 24.6. The van der Waals surface area contributed by atoms with Gasteiger partial charge in [-0.3, -0.25) is 0 Å². The van der Waals surface area contributed by atoms with E-state index >= 15 is 0 Å². The van der Waals surface area contributed by atoms with Crippen molar-refractivity contribution in [2.75, 3.05) is 37.0 Å². The second kappa shape index (κ2) is 19.3. The predicted octanol–water partition coefficient (Wildman–Crippen LogP) is 15.4. The molecule has 2 unspecified atom stereocenters. The van der Waals surface area contributed by atoms with Crippen LogP contribution < -0.4 is 14.5 Å². The number of benzene rings is 6. The third kappa shape index (κ3) is 8.85. The molecule has 348 valence electrons. The van der Waals surface area contributed by atoms with Crippen LogP contribution >= 0.6 is 23.5 Å². The Balaban J connectivity index is 0.848. The molecule has 7 heteroatoms. The quantitative estimate of drug-likeness (QED) is 0.101. The highest BCUT2D eigenvalue weighted by Gasteiger charge is 2.48. The molecule has 0 saturated carbocycles. The van der Waals surface area contributed by atoms with Crippen molar-refractivity contribution in [2.45, 2.75) is 87.8 Å². The largest absolute Gasteiger partial charge is 0.457 e. The molecule has 6 aromatic rings. The van der Waals surface area contributed by atoms with Crippen LogP contribution in [-0.4, -0.2) is 47.8 Å². The van der Waals surface area contributed by atoms with E-state index in [0.717, 1.165) is 50.3 Å². The van der Waals surface area contributed by atoms with Crippen LogP contribution in [0.25, 0.3) is 0 Å². The van der Waals surface area contributed by atoms with Gasteiger partial charge < -0.3 is 14.5 Å². The zero-order valence-corrected chi connectivity index (χ0v) is 43.1. The third-order valence-corrected chi connectivity index (χ3v) is 16.7. The maximum Gasteiger partial charge on any atom is 0.209 e. The first-order valence-corrected chi connectivity index (χ1v) is 26.3. The van der Waals surface area contributed by atoms with Gasteiger partial charge in [0.25, 0.3) is 0 Å². The Morgan fingerprint density at radius 1 is 0.536 bits per heavy atom. The molecule has 69 heavy (non-hydrogen) atoms. The number of allylic oxidation sites excluding steroid dienone is 6. The summed E-state index contributed by atoms with van der Waals surface area (Å²) in [5.74, 6) is 1.67. The number of hydrogen-bond donors (Lipinski definition) is 0. The van der Waals surface area contributed by atoms with Gasteiger partial charge in [-0.25, -0.2) is 0 Å². The summed E-state index contributed by atoms with van der Waals surface area (Å²) >= 11 is 3.73. The second-order valence-electron chi connectivity index (χ2n) is 19.5. The van der Waals surface area contributed by atoms with Crippen molar-refractivity contribution in [1.29, 1.82) is 0 Å². The Kier molecular flexibility index (Phi) is 13.0. The molecule has 0 aliphatic carbocycles. The van der Waals surface area contributed by atoms with Crippen LogP contribution in [-0.2, 0) is 23.7 Å². The zero-order chi connectivity index (χ0) is 47.9. The summed E-state index contributed by atoms with van der Waals surface area (Å²) in [5, 5.41) is 2.56. The van der Waals surface area contributed by atoms with E-state index in [2.05, 4.69) is 245 Å². The van der Waals surface area contributed by atoms with Crippen molar-refractivity contribution in [3.05, 3.63) is 213 Å². The highest BCUT2D eigenvalue weighted by Crippen LogP contribution is 2.48. The Labute approximate surface area is 419 Å². The molecule has 0 saturated heterocycles. The van der Waals surface area contributed by atoms with E-state index in [-0.39, 0.29) is 10.8 Å². The summed E-state index contributed by atoms with van der Waals surface area (Å²) in [4.78, 5) is 7.57. The lowest BCUT2D eigenvalue weighted by Crippen LogP contribution is -2.33. The van der Waals surface area contributed by atoms with Crippen LogP contribution in [0.3, 0.4) is 0 Å². The van der Waals surface area contributed by atoms with Crippen molar-refractivity contribution in [3.8, 4) is 11.5 Å². The fourth-order valence-corrected chi connectivity index (χ4v) is 13.2. The van der Waals surface area contributed by atoms with Crippen molar-refractivity contribution >= 4 is 57.7 Å². The number of rotatable bonds is 14. The lowest BCUT2D eigenvalue weighted by atomic mass is 9.74. The summed E-state index contributed by atoms with van der Waals surface area (Å²) in [6.45, 7) is 15.7. The molecule has 0 N–H and O–H groups in total. The maximum atomic E-state index is 6.53. The SMILES string of the molecule is CCCN1/C(=C/C=C/C2=[N+](C)c3ccc(C)cc3C2(C)Cc2ccc(Oc3ccc(CC4(C)C(/C=C/C=C5\Sc6ccccc6N5CCC)=[N+](C)c5ccc(C)cc54)cc3)cc2)Sc2ccccc21. The first-order chi connectivity index (χ1) is 33.5. The molecule has 0 radical (unpaired) electrons. The summed E-state index contributed by atoms with van der Waals surface area (Å²) < 4.78 is 11.3. The fraction of sp³-hybridized carbons (Fsp3) is 0.258. The van der Waals surface area contributed by atoms with Gasteiger partial charge in [-0.05, 0) is 137 Å². The summed E-state index contributed by atoms with van der Waals surface area (Å²) in [7, 11) is 4.43. The van der Waals surface area contributed by atoms with Gasteiger partial charge in [0.15, 0.2) is 11.4 Å². The molecule has 4 aliphatic heterocycles. The van der Waals surface area contributed by atoms with Gasteiger partial charge in [0.05, 0.1) is 32.3 Å². The minimum Gasteiger partial charge on any atom is -0.457 e. The van der Waals surface area contributed by atoms with Gasteiger partial charge in [0.1, 0.15) is 25.6 Å². The van der Waals surface area contributed by atoms with Crippen LogP contribution in [0, 0.1) is 13.8 Å². The minimum absolute atomic E-state index is 0.218. The van der Waals surface area contributed by atoms with Gasteiger partial charge in [-0.1, -0.05) is 121 Å². The van der Waals surface area contributed by atoms with Crippen LogP contribution in [0.1, 0.15) is 73.9 Å². The highest BCUT2D eigenvalue weighted by molar-refractivity contribution is 8.04. The zero-order valence-electron chi connectivity index (χ0n) is 41.4. The maximum absolute atomic E-state index is 6.53. The van der Waals surface area contributed by atoms with Crippen molar-refractivity contribution in [1.82, 2.24) is 0 Å². The number of fused-ring (bicyclic) bond motifs is 4. The number of aryl methyl sites for hydroxylation is 2. The predicted molar refractivity (Wildman–Crippen MR) is 293 cm³/mol. The van der Waals surface area contributed by atoms with E-state index in [1.165, 1.54) is 87.4 Å². The smallest absolute Gasteiger partial charge is 0.209 e. The van der Waals surface area contributed by atoms with E-state index in [4.69, 9.17) is 4.74 Å². The monoisotopic (exact) mass is 944 g/mol. The van der Waals surface area contributed by atoms with E-state index < -0.39 is 0 Å². The molecule has 0 fully saturated rings. The average molecular weight is 945 g/mol. The molecule has 0 aromatic heterocycles. The normalized spacial score (nSPS) is 20.6. The van der Waals surface area contributed by atoms with E-state index in [9.17, 15) is 0 Å². The molecule has 0 spiro atoms. The minimum atomic E-state index is -0.218. The third-order valence-electron chi connectivity index (χ3n) is 14.4.